The summed E-state index contributed by atoms with van der Waals surface area (Å²) in [5, 5.41) is 17.9. The van der Waals surface area contributed by atoms with Crippen molar-refractivity contribution in [1.82, 2.24) is 24.8 Å². The van der Waals surface area contributed by atoms with Crippen molar-refractivity contribution >= 4 is 5.91 Å². The van der Waals surface area contributed by atoms with Crippen molar-refractivity contribution in [1.29, 1.82) is 0 Å². The smallest absolute Gasteiger partial charge is 0.222 e. The molecule has 1 N–H and O–H groups in total. The third-order valence-electron chi connectivity index (χ3n) is 5.93. The Morgan fingerprint density at radius 3 is 2.84 bits per heavy atom. The Bertz CT molecular complexity index is 813. The molecule has 3 rings (SSSR count). The summed E-state index contributed by atoms with van der Waals surface area (Å²) in [6.07, 6.45) is 2.76. The number of aryl methyl sites for hydroxylation is 1. The van der Waals surface area contributed by atoms with Crippen LogP contribution in [0.5, 0.6) is 0 Å². The lowest BCUT2D eigenvalue weighted by Gasteiger charge is -2.35. The largest absolute Gasteiger partial charge is 0.394 e. The van der Waals surface area contributed by atoms with E-state index in [1.165, 1.54) is 5.56 Å². The van der Waals surface area contributed by atoms with E-state index in [4.69, 9.17) is 4.74 Å². The second-order valence-electron chi connectivity index (χ2n) is 8.64. The Labute approximate surface area is 184 Å². The molecule has 0 fully saturated rings. The van der Waals surface area contributed by atoms with Gasteiger partial charge in [-0.1, -0.05) is 42.5 Å². The van der Waals surface area contributed by atoms with Crippen LogP contribution in [0.3, 0.4) is 0 Å². The highest BCUT2D eigenvalue weighted by Gasteiger charge is 2.28. The predicted molar refractivity (Wildman–Crippen MR) is 118 cm³/mol. The summed E-state index contributed by atoms with van der Waals surface area (Å²) in [4.78, 5) is 17.0. The van der Waals surface area contributed by atoms with E-state index in [2.05, 4.69) is 41.3 Å². The fourth-order valence-electron chi connectivity index (χ4n) is 4.01. The predicted octanol–water partition coefficient (Wildman–Crippen LogP) is 1.93. The van der Waals surface area contributed by atoms with E-state index in [-0.39, 0.29) is 30.6 Å². The van der Waals surface area contributed by atoms with Gasteiger partial charge in [0.05, 0.1) is 37.3 Å². The standard InChI is InChI=1S/C23H35N5O3/c1-18-13-27(19(2)16-29)23(30)10-7-11-28-21(12-24-25-28)17-31-22(18)15-26(3)14-20-8-5-4-6-9-20/h4-6,8-9,12,18-19,22,29H,7,10-11,13-17H2,1-3H3/t18-,19+,22-/m1/s1. The lowest BCUT2D eigenvalue weighted by Crippen LogP contribution is -2.47. The van der Waals surface area contributed by atoms with Crippen molar-refractivity contribution in [3.63, 3.8) is 0 Å². The van der Waals surface area contributed by atoms with Crippen LogP contribution in [-0.2, 0) is 29.2 Å². The number of ether oxygens (including phenoxy) is 1. The maximum atomic E-state index is 12.9. The van der Waals surface area contributed by atoms with E-state index < -0.39 is 0 Å². The van der Waals surface area contributed by atoms with Gasteiger partial charge in [-0.05, 0) is 26.0 Å². The number of carbonyl (C=O) groups is 1. The van der Waals surface area contributed by atoms with E-state index in [1.54, 1.807) is 6.20 Å². The van der Waals surface area contributed by atoms with Crippen molar-refractivity contribution in [2.75, 3.05) is 26.7 Å². The number of aliphatic hydroxyl groups is 1. The van der Waals surface area contributed by atoms with Crippen molar-refractivity contribution in [2.24, 2.45) is 5.92 Å². The molecule has 1 aliphatic heterocycles. The van der Waals surface area contributed by atoms with Gasteiger partial charge in [0.25, 0.3) is 0 Å². The highest BCUT2D eigenvalue weighted by Crippen LogP contribution is 2.18. The Hall–Kier alpha value is -2.29. The molecule has 2 heterocycles. The van der Waals surface area contributed by atoms with Crippen LogP contribution in [0.1, 0.15) is 37.9 Å². The highest BCUT2D eigenvalue weighted by atomic mass is 16.5. The van der Waals surface area contributed by atoms with Crippen molar-refractivity contribution in [2.45, 2.75) is 58.5 Å². The molecule has 170 valence electrons. The molecule has 31 heavy (non-hydrogen) atoms. The van der Waals surface area contributed by atoms with Gasteiger partial charge in [0.2, 0.25) is 5.91 Å². The molecule has 1 amide bonds. The van der Waals surface area contributed by atoms with E-state index >= 15 is 0 Å². The van der Waals surface area contributed by atoms with Gasteiger partial charge in [0.1, 0.15) is 0 Å². The molecule has 0 aliphatic carbocycles. The summed E-state index contributed by atoms with van der Waals surface area (Å²) in [7, 11) is 2.09. The van der Waals surface area contributed by atoms with Gasteiger partial charge in [0.15, 0.2) is 0 Å². The molecule has 2 aromatic rings. The molecular weight excluding hydrogens is 394 g/mol. The number of aromatic nitrogens is 3. The average molecular weight is 430 g/mol. The first-order valence-corrected chi connectivity index (χ1v) is 11.1. The van der Waals surface area contributed by atoms with Crippen LogP contribution in [0.25, 0.3) is 0 Å². The number of likely N-dealkylation sites (N-methyl/N-ethyl adjacent to an activating group) is 1. The van der Waals surface area contributed by atoms with Gasteiger partial charge < -0.3 is 14.7 Å². The third kappa shape index (κ3) is 6.59. The molecule has 0 spiro atoms. The number of nitrogens with zero attached hydrogens (tertiary/aromatic N) is 5. The van der Waals surface area contributed by atoms with E-state index in [9.17, 15) is 9.90 Å². The molecule has 1 aromatic carbocycles. The number of carbonyl (C=O) groups excluding carboxylic acids is 1. The maximum Gasteiger partial charge on any atom is 0.222 e. The van der Waals surface area contributed by atoms with Crippen LogP contribution in [0, 0.1) is 5.92 Å². The normalized spacial score (nSPS) is 22.0. The summed E-state index contributed by atoms with van der Waals surface area (Å²) in [6.45, 7) is 7.13. The first kappa shape index (κ1) is 23.4. The fraction of sp³-hybridized carbons (Fsp3) is 0.609. The van der Waals surface area contributed by atoms with E-state index in [0.29, 0.717) is 32.5 Å². The van der Waals surface area contributed by atoms with Crippen molar-refractivity contribution in [3.05, 3.63) is 47.8 Å². The Morgan fingerprint density at radius 2 is 2.10 bits per heavy atom. The van der Waals surface area contributed by atoms with Gasteiger partial charge in [-0.15, -0.1) is 5.10 Å². The number of hydrogen-bond acceptors (Lipinski definition) is 6. The summed E-state index contributed by atoms with van der Waals surface area (Å²) in [6, 6.07) is 10.1. The van der Waals surface area contributed by atoms with Gasteiger partial charge >= 0.3 is 0 Å². The monoisotopic (exact) mass is 429 g/mol. The quantitative estimate of drug-likeness (QED) is 0.756. The summed E-state index contributed by atoms with van der Waals surface area (Å²) >= 11 is 0. The summed E-state index contributed by atoms with van der Waals surface area (Å²) in [5.41, 5.74) is 2.18. The minimum atomic E-state index is -0.220. The average Bonchev–Trinajstić information content (AvgIpc) is 3.21. The highest BCUT2D eigenvalue weighted by molar-refractivity contribution is 5.76. The minimum absolute atomic E-state index is 0.0505. The first-order valence-electron chi connectivity index (χ1n) is 11.1. The number of fused-ring (bicyclic) bond motifs is 1. The van der Waals surface area contributed by atoms with Crippen LogP contribution in [0.4, 0.5) is 0 Å². The minimum Gasteiger partial charge on any atom is -0.394 e. The van der Waals surface area contributed by atoms with Gasteiger partial charge in [-0.25, -0.2) is 4.68 Å². The number of benzene rings is 1. The van der Waals surface area contributed by atoms with E-state index in [1.807, 2.05) is 34.7 Å². The molecule has 0 radical (unpaired) electrons. The molecule has 3 atom stereocenters. The zero-order valence-corrected chi connectivity index (χ0v) is 18.9. The Morgan fingerprint density at radius 1 is 1.32 bits per heavy atom. The molecule has 0 saturated carbocycles. The lowest BCUT2D eigenvalue weighted by molar-refractivity contribution is -0.136. The molecule has 8 heteroatoms. The molecular formula is C23H35N5O3. The molecule has 1 aliphatic rings. The van der Waals surface area contributed by atoms with E-state index in [0.717, 1.165) is 18.8 Å². The zero-order valence-electron chi connectivity index (χ0n) is 18.9. The van der Waals surface area contributed by atoms with Crippen molar-refractivity contribution < 1.29 is 14.6 Å². The number of amides is 1. The topological polar surface area (TPSA) is 83.7 Å². The molecule has 0 saturated heterocycles. The second-order valence-corrected chi connectivity index (χ2v) is 8.64. The number of rotatable bonds is 6. The number of aliphatic hydroxyl groups excluding tert-OH is 1. The Balaban J connectivity index is 1.77. The van der Waals surface area contributed by atoms with Crippen LogP contribution in [0.2, 0.25) is 0 Å². The third-order valence-corrected chi connectivity index (χ3v) is 5.93. The van der Waals surface area contributed by atoms with Crippen LogP contribution in [0.15, 0.2) is 36.5 Å². The lowest BCUT2D eigenvalue weighted by atomic mass is 10.0. The van der Waals surface area contributed by atoms with Crippen molar-refractivity contribution in [3.8, 4) is 0 Å². The van der Waals surface area contributed by atoms with Crippen LogP contribution < -0.4 is 0 Å². The molecule has 8 nitrogen and oxygen atoms in total. The molecule has 1 aromatic heterocycles. The number of hydrogen-bond donors (Lipinski definition) is 1. The first-order chi connectivity index (χ1) is 15.0. The fourth-order valence-corrected chi connectivity index (χ4v) is 4.01. The summed E-state index contributed by atoms with van der Waals surface area (Å²) in [5.74, 6) is 0.159. The summed E-state index contributed by atoms with van der Waals surface area (Å²) < 4.78 is 8.20. The van der Waals surface area contributed by atoms with Gasteiger partial charge in [-0.2, -0.15) is 0 Å². The maximum absolute atomic E-state index is 12.9. The second kappa shape index (κ2) is 11.4. The van der Waals surface area contributed by atoms with Gasteiger partial charge in [-0.3, -0.25) is 9.69 Å². The zero-order chi connectivity index (χ0) is 22.2. The molecule has 0 bridgehead atoms. The van der Waals surface area contributed by atoms with Crippen LogP contribution in [-0.4, -0.2) is 74.7 Å². The Kier molecular flexibility index (Phi) is 8.57. The SMILES string of the molecule is C[C@@H]1CN([C@@H](C)CO)C(=O)CCCn2nncc2CO[C@@H]1CN(C)Cc1ccccc1. The van der Waals surface area contributed by atoms with Crippen LogP contribution >= 0.6 is 0 Å². The van der Waals surface area contributed by atoms with Gasteiger partial charge in [0, 0.05) is 38.5 Å². The molecule has 0 unspecified atom stereocenters.